The van der Waals surface area contributed by atoms with Crippen LogP contribution in [0.2, 0.25) is 5.02 Å². The molecule has 0 radical (unpaired) electrons. The first-order valence-electron chi connectivity index (χ1n) is 11.8. The molecular formula is C26H31ClN6O3. The quantitative estimate of drug-likeness (QED) is 0.243. The number of aliphatic hydroxyl groups is 2. The first kappa shape index (κ1) is 26.0. The molecule has 0 fully saturated rings. The lowest BCUT2D eigenvalue weighted by atomic mass is 10.0. The van der Waals surface area contributed by atoms with Crippen LogP contribution in [0.25, 0.3) is 28.2 Å². The average molecular weight is 511 g/mol. The first-order chi connectivity index (χ1) is 17.4. The molecule has 0 bridgehead atoms. The van der Waals surface area contributed by atoms with Gasteiger partial charge in [-0.25, -0.2) is 14.5 Å². The molecule has 0 aliphatic carbocycles. The topological polar surface area (TPSA) is 117 Å². The van der Waals surface area contributed by atoms with Crippen molar-refractivity contribution in [3.8, 4) is 28.4 Å². The minimum absolute atomic E-state index is 0.418. The van der Waals surface area contributed by atoms with Crippen molar-refractivity contribution in [3.05, 3.63) is 64.9 Å². The van der Waals surface area contributed by atoms with Gasteiger partial charge < -0.3 is 25.6 Å². The Morgan fingerprint density at radius 2 is 1.58 bits per heavy atom. The maximum atomic E-state index is 9.47. The summed E-state index contributed by atoms with van der Waals surface area (Å²) >= 11 is 6.87. The Morgan fingerprint density at radius 1 is 0.917 bits per heavy atom. The van der Waals surface area contributed by atoms with Crippen molar-refractivity contribution in [2.75, 3.05) is 20.2 Å². The summed E-state index contributed by atoms with van der Waals surface area (Å²) in [7, 11) is 1.58. The van der Waals surface area contributed by atoms with Gasteiger partial charge in [-0.1, -0.05) is 35.9 Å². The van der Waals surface area contributed by atoms with E-state index in [1.54, 1.807) is 25.5 Å². The third kappa shape index (κ3) is 6.18. The number of pyridine rings is 1. The van der Waals surface area contributed by atoms with Gasteiger partial charge >= 0.3 is 0 Å². The lowest BCUT2D eigenvalue weighted by molar-refractivity contribution is 0.190. The number of benzene rings is 1. The van der Waals surface area contributed by atoms with Crippen LogP contribution < -0.4 is 15.4 Å². The summed E-state index contributed by atoms with van der Waals surface area (Å²) in [5, 5.41) is 30.5. The molecule has 0 aliphatic heterocycles. The van der Waals surface area contributed by atoms with Crippen molar-refractivity contribution in [1.82, 2.24) is 30.2 Å². The third-order valence-electron chi connectivity index (χ3n) is 5.55. The number of nitrogens with one attached hydrogen (secondary N) is 2. The number of hydrogen-bond donors (Lipinski definition) is 4. The Balaban J connectivity index is 1.60. The molecule has 3 heterocycles. The Bertz CT molecular complexity index is 1320. The van der Waals surface area contributed by atoms with Crippen LogP contribution in [0.15, 0.2) is 48.7 Å². The number of imidazole rings is 1. The van der Waals surface area contributed by atoms with Gasteiger partial charge in [0.15, 0.2) is 5.65 Å². The molecule has 10 heteroatoms. The Labute approximate surface area is 215 Å². The lowest BCUT2D eigenvalue weighted by Crippen LogP contribution is -2.24. The molecule has 3 aromatic heterocycles. The predicted molar refractivity (Wildman–Crippen MR) is 140 cm³/mol. The molecule has 0 spiro atoms. The van der Waals surface area contributed by atoms with Gasteiger partial charge in [0.2, 0.25) is 5.88 Å². The number of hydrogen-bond acceptors (Lipinski definition) is 8. The Hall–Kier alpha value is -3.08. The van der Waals surface area contributed by atoms with Crippen molar-refractivity contribution in [3.63, 3.8) is 0 Å². The van der Waals surface area contributed by atoms with Crippen LogP contribution in [-0.2, 0) is 13.1 Å². The van der Waals surface area contributed by atoms with Gasteiger partial charge in [0, 0.05) is 42.9 Å². The van der Waals surface area contributed by atoms with Crippen LogP contribution in [-0.4, -0.2) is 62.2 Å². The van der Waals surface area contributed by atoms with Gasteiger partial charge in [-0.05, 0) is 32.0 Å². The van der Waals surface area contributed by atoms with Gasteiger partial charge in [-0.2, -0.15) is 5.10 Å². The molecule has 1 aromatic carbocycles. The summed E-state index contributed by atoms with van der Waals surface area (Å²) in [4.78, 5) is 9.25. The number of aromatic nitrogens is 4. The second-order valence-electron chi connectivity index (χ2n) is 8.75. The van der Waals surface area contributed by atoms with E-state index < -0.39 is 12.2 Å². The van der Waals surface area contributed by atoms with E-state index in [-0.39, 0.29) is 0 Å². The van der Waals surface area contributed by atoms with Gasteiger partial charge in [0.1, 0.15) is 0 Å². The molecule has 0 saturated heterocycles. The van der Waals surface area contributed by atoms with E-state index in [1.807, 2.05) is 48.7 Å². The fourth-order valence-corrected chi connectivity index (χ4v) is 4.16. The van der Waals surface area contributed by atoms with Crippen LogP contribution in [0.5, 0.6) is 5.88 Å². The Morgan fingerprint density at radius 3 is 2.28 bits per heavy atom. The number of fused-ring (bicyclic) bond motifs is 1. The molecule has 0 amide bonds. The van der Waals surface area contributed by atoms with Crippen molar-refractivity contribution in [2.24, 2.45) is 0 Å². The van der Waals surface area contributed by atoms with Crippen LogP contribution >= 0.6 is 11.6 Å². The van der Waals surface area contributed by atoms with Crippen LogP contribution in [0.4, 0.5) is 0 Å². The van der Waals surface area contributed by atoms with E-state index >= 15 is 0 Å². The molecule has 190 valence electrons. The lowest BCUT2D eigenvalue weighted by Gasteiger charge is -2.13. The summed E-state index contributed by atoms with van der Waals surface area (Å²) in [6.45, 7) is 5.51. The highest BCUT2D eigenvalue weighted by Crippen LogP contribution is 2.36. The zero-order valence-electron chi connectivity index (χ0n) is 20.6. The number of aliphatic hydroxyl groups excluding tert-OH is 2. The number of methoxy groups -OCH3 is 1. The van der Waals surface area contributed by atoms with Crippen molar-refractivity contribution in [2.45, 2.75) is 39.1 Å². The minimum Gasteiger partial charge on any atom is -0.481 e. The zero-order valence-corrected chi connectivity index (χ0v) is 21.3. The molecule has 4 N–H and O–H groups in total. The molecule has 0 aliphatic rings. The number of nitrogens with zero attached hydrogens (tertiary/aromatic N) is 4. The van der Waals surface area contributed by atoms with Gasteiger partial charge in [0.25, 0.3) is 0 Å². The highest BCUT2D eigenvalue weighted by molar-refractivity contribution is 6.36. The van der Waals surface area contributed by atoms with Crippen molar-refractivity contribution >= 4 is 17.2 Å². The highest BCUT2D eigenvalue weighted by Gasteiger charge is 2.15. The molecular weight excluding hydrogens is 480 g/mol. The zero-order chi connectivity index (χ0) is 25.7. The van der Waals surface area contributed by atoms with Crippen LogP contribution in [0, 0.1) is 0 Å². The van der Waals surface area contributed by atoms with E-state index in [9.17, 15) is 10.2 Å². The largest absolute Gasteiger partial charge is 0.481 e. The maximum Gasteiger partial charge on any atom is 0.218 e. The smallest absolute Gasteiger partial charge is 0.218 e. The monoisotopic (exact) mass is 510 g/mol. The second kappa shape index (κ2) is 11.8. The molecule has 4 aromatic rings. The molecule has 2 atom stereocenters. The molecule has 2 unspecified atom stereocenters. The van der Waals surface area contributed by atoms with Gasteiger partial charge in [-0.15, -0.1) is 0 Å². The molecule has 36 heavy (non-hydrogen) atoms. The minimum atomic E-state index is -0.432. The van der Waals surface area contributed by atoms with E-state index in [0.29, 0.717) is 48.5 Å². The summed E-state index contributed by atoms with van der Waals surface area (Å²) in [6.07, 6.45) is 1.01. The highest BCUT2D eigenvalue weighted by atomic mass is 35.5. The van der Waals surface area contributed by atoms with Crippen LogP contribution in [0.3, 0.4) is 0 Å². The number of halogens is 1. The maximum absolute atomic E-state index is 9.47. The van der Waals surface area contributed by atoms with E-state index in [1.165, 1.54) is 0 Å². The summed E-state index contributed by atoms with van der Waals surface area (Å²) in [5.74, 6) is 0.502. The molecule has 0 saturated carbocycles. The SMILES string of the molecule is COc1nc(-c2cccc(-c3ccc4nc(CNCC(C)O)cn4n3)c2Cl)ccc1CNCC(C)O. The van der Waals surface area contributed by atoms with Gasteiger partial charge in [-0.3, -0.25) is 0 Å². The summed E-state index contributed by atoms with van der Waals surface area (Å²) in [6, 6.07) is 13.4. The summed E-state index contributed by atoms with van der Waals surface area (Å²) in [5.41, 5.74) is 5.40. The van der Waals surface area contributed by atoms with Crippen molar-refractivity contribution < 1.29 is 14.9 Å². The molecule has 9 nitrogen and oxygen atoms in total. The predicted octanol–water partition coefficient (Wildman–Crippen LogP) is 3.06. The first-order valence-corrected chi connectivity index (χ1v) is 12.2. The second-order valence-corrected chi connectivity index (χ2v) is 9.12. The van der Waals surface area contributed by atoms with Gasteiger partial charge in [0.05, 0.1) is 47.6 Å². The fraction of sp³-hybridized carbons (Fsp3) is 0.346. The van der Waals surface area contributed by atoms with E-state index in [0.717, 1.165) is 28.0 Å². The number of rotatable bonds is 11. The van der Waals surface area contributed by atoms with Crippen molar-refractivity contribution in [1.29, 1.82) is 0 Å². The van der Waals surface area contributed by atoms with Crippen LogP contribution in [0.1, 0.15) is 25.1 Å². The van der Waals surface area contributed by atoms with E-state index in [2.05, 4.69) is 20.6 Å². The third-order valence-corrected chi connectivity index (χ3v) is 5.96. The fourth-order valence-electron chi connectivity index (χ4n) is 3.84. The average Bonchev–Trinajstić information content (AvgIpc) is 3.26. The summed E-state index contributed by atoms with van der Waals surface area (Å²) < 4.78 is 7.24. The standard InChI is InChI=1S/C26H31ClN6O3/c1-16(34)11-28-13-18-7-8-22(31-26(18)36-3)20-5-4-6-21(25(20)27)23-9-10-24-30-19(15-33(24)32-23)14-29-12-17(2)35/h4-10,15-17,28-29,34-35H,11-14H2,1-3H3. The molecule has 4 rings (SSSR count). The van der Waals surface area contributed by atoms with E-state index in [4.69, 9.17) is 21.4 Å². The normalized spacial score (nSPS) is 13.2. The number of ether oxygens (including phenoxy) is 1. The Kier molecular flexibility index (Phi) is 8.50.